The summed E-state index contributed by atoms with van der Waals surface area (Å²) in [6, 6.07) is 10.8. The Bertz CT molecular complexity index is 884. The van der Waals surface area contributed by atoms with E-state index in [9.17, 15) is 9.59 Å². The Balaban J connectivity index is 2.02. The molecule has 0 saturated heterocycles. The molecule has 2 rings (SSSR count). The fourth-order valence-electron chi connectivity index (χ4n) is 2.79. The lowest BCUT2D eigenvalue weighted by Crippen LogP contribution is -2.18. The Morgan fingerprint density at radius 1 is 0.933 bits per heavy atom. The molecule has 0 heterocycles. The van der Waals surface area contributed by atoms with Gasteiger partial charge in [0.15, 0.2) is 11.5 Å². The molecule has 7 nitrogen and oxygen atoms in total. The maximum absolute atomic E-state index is 12.4. The highest BCUT2D eigenvalue weighted by Gasteiger charge is 2.19. The van der Waals surface area contributed by atoms with Gasteiger partial charge in [-0.1, -0.05) is 32.9 Å². The molecule has 1 N–H and O–H groups in total. The molecule has 0 saturated carbocycles. The summed E-state index contributed by atoms with van der Waals surface area (Å²) in [5.41, 5.74) is 1.72. The van der Waals surface area contributed by atoms with Crippen molar-refractivity contribution >= 4 is 17.6 Å². The second-order valence-electron chi connectivity index (χ2n) is 7.67. The predicted octanol–water partition coefficient (Wildman–Crippen LogP) is 4.20. The number of hydrogen-bond acceptors (Lipinski definition) is 6. The van der Waals surface area contributed by atoms with E-state index in [2.05, 4.69) is 26.1 Å². The molecule has 0 fully saturated rings. The lowest BCUT2D eigenvalue weighted by molar-refractivity contribution is -0.116. The number of rotatable bonds is 8. The van der Waals surface area contributed by atoms with Crippen LogP contribution in [0.3, 0.4) is 0 Å². The van der Waals surface area contributed by atoms with Crippen molar-refractivity contribution in [2.24, 2.45) is 0 Å². The Morgan fingerprint density at radius 2 is 1.53 bits per heavy atom. The average molecular weight is 415 g/mol. The third-order valence-corrected chi connectivity index (χ3v) is 4.52. The van der Waals surface area contributed by atoms with Gasteiger partial charge in [-0.05, 0) is 23.1 Å². The van der Waals surface area contributed by atoms with Crippen molar-refractivity contribution in [1.82, 2.24) is 0 Å². The van der Waals surface area contributed by atoms with Crippen LogP contribution in [-0.4, -0.2) is 39.8 Å². The predicted molar refractivity (Wildman–Crippen MR) is 115 cm³/mol. The van der Waals surface area contributed by atoms with E-state index in [1.165, 1.54) is 39.0 Å². The smallest absolute Gasteiger partial charge is 0.340 e. The topological polar surface area (TPSA) is 83.1 Å². The summed E-state index contributed by atoms with van der Waals surface area (Å²) in [6.07, 6.45) is 0.107. The highest BCUT2D eigenvalue weighted by atomic mass is 16.5. The minimum atomic E-state index is -0.596. The first-order chi connectivity index (χ1) is 14.2. The van der Waals surface area contributed by atoms with Crippen LogP contribution >= 0.6 is 0 Å². The second-order valence-corrected chi connectivity index (χ2v) is 7.67. The summed E-state index contributed by atoms with van der Waals surface area (Å²) in [6.45, 7) is 6.62. The van der Waals surface area contributed by atoms with E-state index in [1.807, 2.05) is 24.3 Å². The van der Waals surface area contributed by atoms with Crippen LogP contribution in [0.25, 0.3) is 0 Å². The number of nitrogens with one attached hydrogen (secondary N) is 1. The van der Waals surface area contributed by atoms with E-state index in [4.69, 9.17) is 18.9 Å². The van der Waals surface area contributed by atoms with Crippen molar-refractivity contribution in [3.63, 3.8) is 0 Å². The van der Waals surface area contributed by atoms with Crippen molar-refractivity contribution in [2.45, 2.75) is 32.6 Å². The van der Waals surface area contributed by atoms with Gasteiger partial charge in [0.1, 0.15) is 5.75 Å². The number of anilines is 1. The fraction of sp³-hybridized carbons (Fsp3) is 0.391. The molecular formula is C23H29NO6. The molecule has 0 aromatic heterocycles. The van der Waals surface area contributed by atoms with Crippen molar-refractivity contribution in [3.05, 3.63) is 47.5 Å². The maximum Gasteiger partial charge on any atom is 0.340 e. The summed E-state index contributed by atoms with van der Waals surface area (Å²) in [4.78, 5) is 24.5. The molecule has 2 aromatic carbocycles. The first-order valence-electron chi connectivity index (χ1n) is 9.57. The van der Waals surface area contributed by atoms with Gasteiger partial charge in [-0.15, -0.1) is 0 Å². The molecule has 2 aromatic rings. The van der Waals surface area contributed by atoms with Gasteiger partial charge in [-0.3, -0.25) is 4.79 Å². The van der Waals surface area contributed by atoms with Crippen LogP contribution in [0, 0.1) is 0 Å². The van der Waals surface area contributed by atoms with Gasteiger partial charge in [-0.2, -0.15) is 0 Å². The van der Waals surface area contributed by atoms with Crippen LogP contribution in [0.1, 0.15) is 43.1 Å². The lowest BCUT2D eigenvalue weighted by atomic mass is 9.87. The van der Waals surface area contributed by atoms with Gasteiger partial charge in [0.05, 0.1) is 45.6 Å². The lowest BCUT2D eigenvalue weighted by Gasteiger charge is -2.19. The molecule has 0 spiro atoms. The fourth-order valence-corrected chi connectivity index (χ4v) is 2.79. The molecule has 0 atom stereocenters. The number of methoxy groups -OCH3 is 3. The van der Waals surface area contributed by atoms with Gasteiger partial charge in [-0.25, -0.2) is 4.79 Å². The van der Waals surface area contributed by atoms with E-state index >= 15 is 0 Å². The van der Waals surface area contributed by atoms with Gasteiger partial charge >= 0.3 is 5.97 Å². The molecule has 0 aliphatic heterocycles. The summed E-state index contributed by atoms with van der Waals surface area (Å²) in [7, 11) is 4.20. The van der Waals surface area contributed by atoms with Crippen molar-refractivity contribution in [1.29, 1.82) is 0 Å². The van der Waals surface area contributed by atoms with Crippen LogP contribution in [-0.2, 0) is 14.9 Å². The summed E-state index contributed by atoms with van der Waals surface area (Å²) < 4.78 is 20.9. The molecule has 1 amide bonds. The van der Waals surface area contributed by atoms with Crippen LogP contribution in [0.2, 0.25) is 0 Å². The Hall–Kier alpha value is -3.22. The van der Waals surface area contributed by atoms with Crippen LogP contribution in [0.4, 0.5) is 5.69 Å². The van der Waals surface area contributed by atoms with Crippen molar-refractivity contribution in [2.75, 3.05) is 33.3 Å². The minimum Gasteiger partial charge on any atom is -0.493 e. The van der Waals surface area contributed by atoms with E-state index in [1.54, 1.807) is 0 Å². The van der Waals surface area contributed by atoms with E-state index < -0.39 is 5.97 Å². The van der Waals surface area contributed by atoms with E-state index in [0.717, 1.165) is 0 Å². The number of ether oxygens (including phenoxy) is 4. The molecule has 0 radical (unpaired) electrons. The third kappa shape index (κ3) is 5.89. The van der Waals surface area contributed by atoms with E-state index in [0.29, 0.717) is 17.2 Å². The maximum atomic E-state index is 12.4. The summed E-state index contributed by atoms with van der Waals surface area (Å²) >= 11 is 0. The quantitative estimate of drug-likeness (QED) is 0.651. The highest BCUT2D eigenvalue weighted by molar-refractivity contribution is 6.02. The van der Waals surface area contributed by atoms with Crippen LogP contribution in [0.5, 0.6) is 17.2 Å². The SMILES string of the molecule is COC(=O)c1cc(OC)c(OC)cc1NC(=O)CCOc1ccc(C(C)(C)C)cc1. The van der Waals surface area contributed by atoms with E-state index in [-0.39, 0.29) is 35.6 Å². The van der Waals surface area contributed by atoms with Gasteiger partial charge < -0.3 is 24.3 Å². The number of hydrogen-bond donors (Lipinski definition) is 1. The largest absolute Gasteiger partial charge is 0.493 e. The first kappa shape index (κ1) is 23.1. The minimum absolute atomic E-state index is 0.0647. The van der Waals surface area contributed by atoms with Gasteiger partial charge in [0.25, 0.3) is 0 Å². The summed E-state index contributed by atoms with van der Waals surface area (Å²) in [5, 5.41) is 2.71. The van der Waals surface area contributed by atoms with Crippen molar-refractivity contribution in [3.8, 4) is 17.2 Å². The highest BCUT2D eigenvalue weighted by Crippen LogP contribution is 2.34. The second kappa shape index (κ2) is 10.0. The Labute approximate surface area is 177 Å². The van der Waals surface area contributed by atoms with Crippen LogP contribution in [0.15, 0.2) is 36.4 Å². The number of carbonyl (C=O) groups excluding carboxylic acids is 2. The third-order valence-electron chi connectivity index (χ3n) is 4.52. The van der Waals surface area contributed by atoms with Gasteiger partial charge in [0.2, 0.25) is 5.91 Å². The molecule has 30 heavy (non-hydrogen) atoms. The molecule has 0 aliphatic carbocycles. The normalized spacial score (nSPS) is 10.9. The van der Waals surface area contributed by atoms with Gasteiger partial charge in [0, 0.05) is 12.1 Å². The molecule has 162 valence electrons. The number of benzene rings is 2. The van der Waals surface area contributed by atoms with Crippen molar-refractivity contribution < 1.29 is 28.5 Å². The van der Waals surface area contributed by atoms with Crippen LogP contribution < -0.4 is 19.5 Å². The summed E-state index contributed by atoms with van der Waals surface area (Å²) in [5.74, 6) is 0.533. The molecule has 0 aliphatic rings. The monoisotopic (exact) mass is 415 g/mol. The Kier molecular flexibility index (Phi) is 7.69. The number of esters is 1. The zero-order chi connectivity index (χ0) is 22.3. The average Bonchev–Trinajstić information content (AvgIpc) is 2.72. The molecular weight excluding hydrogens is 386 g/mol. The zero-order valence-corrected chi connectivity index (χ0v) is 18.3. The molecule has 7 heteroatoms. The first-order valence-corrected chi connectivity index (χ1v) is 9.57. The number of amides is 1. The Morgan fingerprint density at radius 3 is 2.07 bits per heavy atom. The standard InChI is InChI=1S/C23H29NO6/c1-23(2,3)15-7-9-16(10-8-15)30-12-11-21(25)24-18-14-20(28-5)19(27-4)13-17(18)22(26)29-6/h7-10,13-14H,11-12H2,1-6H3,(H,24,25). The molecule has 0 unspecified atom stereocenters. The zero-order valence-electron chi connectivity index (χ0n) is 18.3. The number of carbonyl (C=O) groups is 2. The molecule has 0 bridgehead atoms.